The van der Waals surface area contributed by atoms with E-state index in [1.807, 2.05) is 32.9 Å². The number of halogens is 1. The first kappa shape index (κ1) is 15.1. The Bertz CT molecular complexity index is 754. The lowest BCUT2D eigenvalue weighted by molar-refractivity contribution is 0.601. The molecule has 0 heterocycles. The third-order valence-electron chi connectivity index (χ3n) is 3.29. The maximum atomic E-state index is 12.4. The average Bonchev–Trinajstić information content (AvgIpc) is 2.38. The van der Waals surface area contributed by atoms with Gasteiger partial charge >= 0.3 is 0 Å². The van der Waals surface area contributed by atoms with E-state index < -0.39 is 10.0 Å². The van der Waals surface area contributed by atoms with Crippen molar-refractivity contribution in [3.8, 4) is 0 Å². The van der Waals surface area contributed by atoms with E-state index in [4.69, 9.17) is 0 Å². The summed E-state index contributed by atoms with van der Waals surface area (Å²) in [6, 6.07) is 10.5. The summed E-state index contributed by atoms with van der Waals surface area (Å²) in [5.74, 6) is 0. The summed E-state index contributed by atoms with van der Waals surface area (Å²) in [5.41, 5.74) is 3.49. The molecule has 0 aromatic heterocycles. The number of benzene rings is 2. The van der Waals surface area contributed by atoms with Gasteiger partial charge in [0.1, 0.15) is 0 Å². The Labute approximate surface area is 128 Å². The van der Waals surface area contributed by atoms with Gasteiger partial charge in [-0.1, -0.05) is 28.1 Å². The smallest absolute Gasteiger partial charge is 0.261 e. The van der Waals surface area contributed by atoms with Crippen LogP contribution in [0.5, 0.6) is 0 Å². The molecule has 0 amide bonds. The van der Waals surface area contributed by atoms with Crippen LogP contribution in [0.4, 0.5) is 5.69 Å². The SMILES string of the molecule is Cc1cc(S(=O)(=O)Nc2cccc(C)c2C)ccc1Br. The number of anilines is 1. The van der Waals surface area contributed by atoms with Gasteiger partial charge in [-0.05, 0) is 61.7 Å². The second kappa shape index (κ2) is 5.58. The van der Waals surface area contributed by atoms with E-state index in [0.717, 1.165) is 21.2 Å². The monoisotopic (exact) mass is 353 g/mol. The third-order valence-corrected chi connectivity index (χ3v) is 5.54. The van der Waals surface area contributed by atoms with Crippen LogP contribution in [-0.4, -0.2) is 8.42 Å². The molecule has 2 rings (SSSR count). The van der Waals surface area contributed by atoms with E-state index in [2.05, 4.69) is 20.7 Å². The lowest BCUT2D eigenvalue weighted by Gasteiger charge is -2.12. The van der Waals surface area contributed by atoms with Crippen molar-refractivity contribution < 1.29 is 8.42 Å². The summed E-state index contributed by atoms with van der Waals surface area (Å²) in [7, 11) is -3.56. The van der Waals surface area contributed by atoms with Gasteiger partial charge in [0.25, 0.3) is 10.0 Å². The predicted molar refractivity (Wildman–Crippen MR) is 85.6 cm³/mol. The van der Waals surface area contributed by atoms with Gasteiger partial charge in [0.05, 0.1) is 10.6 Å². The molecule has 0 saturated heterocycles. The number of sulfonamides is 1. The van der Waals surface area contributed by atoms with Crippen molar-refractivity contribution in [3.63, 3.8) is 0 Å². The molecule has 0 saturated carbocycles. The van der Waals surface area contributed by atoms with Crippen LogP contribution in [0.1, 0.15) is 16.7 Å². The highest BCUT2D eigenvalue weighted by Gasteiger charge is 2.16. The van der Waals surface area contributed by atoms with Gasteiger partial charge in [-0.15, -0.1) is 0 Å². The first-order chi connectivity index (χ1) is 9.31. The highest BCUT2D eigenvalue weighted by molar-refractivity contribution is 9.10. The molecule has 0 spiro atoms. The second-order valence-electron chi connectivity index (χ2n) is 4.76. The molecule has 0 unspecified atom stereocenters. The van der Waals surface area contributed by atoms with Crippen molar-refractivity contribution in [2.75, 3.05) is 4.72 Å². The summed E-state index contributed by atoms with van der Waals surface area (Å²) < 4.78 is 28.3. The van der Waals surface area contributed by atoms with Crippen LogP contribution in [0.15, 0.2) is 45.8 Å². The van der Waals surface area contributed by atoms with Crippen molar-refractivity contribution in [2.24, 2.45) is 0 Å². The topological polar surface area (TPSA) is 46.2 Å². The Hall–Kier alpha value is -1.33. The molecule has 0 bridgehead atoms. The molecule has 106 valence electrons. The normalized spacial score (nSPS) is 11.4. The van der Waals surface area contributed by atoms with Crippen LogP contribution < -0.4 is 4.72 Å². The molecule has 2 aromatic carbocycles. The van der Waals surface area contributed by atoms with Gasteiger partial charge < -0.3 is 0 Å². The van der Waals surface area contributed by atoms with Crippen molar-refractivity contribution in [2.45, 2.75) is 25.7 Å². The van der Waals surface area contributed by atoms with E-state index in [-0.39, 0.29) is 4.90 Å². The third kappa shape index (κ3) is 3.04. The molecule has 0 radical (unpaired) electrons. The van der Waals surface area contributed by atoms with Crippen molar-refractivity contribution in [3.05, 3.63) is 57.6 Å². The molecule has 0 aliphatic carbocycles. The number of hydrogen-bond donors (Lipinski definition) is 1. The Kier molecular flexibility index (Phi) is 4.20. The summed E-state index contributed by atoms with van der Waals surface area (Å²) >= 11 is 3.37. The van der Waals surface area contributed by atoms with Gasteiger partial charge in [0.2, 0.25) is 0 Å². The number of nitrogens with one attached hydrogen (secondary N) is 1. The number of aryl methyl sites for hydroxylation is 2. The molecule has 0 aliphatic heterocycles. The van der Waals surface area contributed by atoms with Crippen LogP contribution in [0.3, 0.4) is 0 Å². The lowest BCUT2D eigenvalue weighted by atomic mass is 10.1. The lowest BCUT2D eigenvalue weighted by Crippen LogP contribution is -2.14. The quantitative estimate of drug-likeness (QED) is 0.899. The minimum absolute atomic E-state index is 0.263. The van der Waals surface area contributed by atoms with Crippen LogP contribution in [-0.2, 0) is 10.0 Å². The first-order valence-electron chi connectivity index (χ1n) is 6.16. The highest BCUT2D eigenvalue weighted by atomic mass is 79.9. The fraction of sp³-hybridized carbons (Fsp3) is 0.200. The fourth-order valence-electron chi connectivity index (χ4n) is 1.85. The van der Waals surface area contributed by atoms with E-state index in [9.17, 15) is 8.42 Å². The van der Waals surface area contributed by atoms with Crippen LogP contribution in [0.2, 0.25) is 0 Å². The summed E-state index contributed by atoms with van der Waals surface area (Å²) in [6.07, 6.45) is 0. The van der Waals surface area contributed by atoms with Crippen LogP contribution >= 0.6 is 15.9 Å². The van der Waals surface area contributed by atoms with E-state index in [0.29, 0.717) is 5.69 Å². The minimum Gasteiger partial charge on any atom is -0.279 e. The fourth-order valence-corrected chi connectivity index (χ4v) is 3.30. The van der Waals surface area contributed by atoms with Gasteiger partial charge in [-0.2, -0.15) is 0 Å². The zero-order valence-electron chi connectivity index (χ0n) is 11.6. The van der Waals surface area contributed by atoms with E-state index >= 15 is 0 Å². The van der Waals surface area contributed by atoms with Gasteiger partial charge in [0, 0.05) is 4.47 Å². The zero-order chi connectivity index (χ0) is 14.9. The molecule has 3 nitrogen and oxygen atoms in total. The van der Waals surface area contributed by atoms with Crippen LogP contribution in [0, 0.1) is 20.8 Å². The molecule has 0 fully saturated rings. The molecule has 1 N–H and O–H groups in total. The Morgan fingerprint density at radius 1 is 1.00 bits per heavy atom. The Morgan fingerprint density at radius 3 is 2.35 bits per heavy atom. The van der Waals surface area contributed by atoms with Gasteiger partial charge in [0.15, 0.2) is 0 Å². The van der Waals surface area contributed by atoms with Gasteiger partial charge in [-0.25, -0.2) is 8.42 Å². The van der Waals surface area contributed by atoms with Crippen LogP contribution in [0.25, 0.3) is 0 Å². The largest absolute Gasteiger partial charge is 0.279 e. The van der Waals surface area contributed by atoms with E-state index in [1.165, 1.54) is 0 Å². The number of rotatable bonds is 3. The van der Waals surface area contributed by atoms with Crippen molar-refractivity contribution in [1.29, 1.82) is 0 Å². The Morgan fingerprint density at radius 2 is 1.70 bits per heavy atom. The average molecular weight is 354 g/mol. The standard InChI is InChI=1S/C15H16BrNO2S/c1-10-5-4-6-15(12(10)3)17-20(18,19)13-7-8-14(16)11(2)9-13/h4-9,17H,1-3H3. The predicted octanol–water partition coefficient (Wildman–Crippen LogP) is 4.18. The molecule has 5 heteroatoms. The maximum absolute atomic E-state index is 12.4. The van der Waals surface area contributed by atoms with Crippen molar-refractivity contribution in [1.82, 2.24) is 0 Å². The molecular weight excluding hydrogens is 338 g/mol. The summed E-state index contributed by atoms with van der Waals surface area (Å²) in [6.45, 7) is 5.72. The van der Waals surface area contributed by atoms with Crippen molar-refractivity contribution >= 4 is 31.6 Å². The van der Waals surface area contributed by atoms with E-state index in [1.54, 1.807) is 24.3 Å². The number of hydrogen-bond acceptors (Lipinski definition) is 2. The highest BCUT2D eigenvalue weighted by Crippen LogP contribution is 2.24. The minimum atomic E-state index is -3.56. The zero-order valence-corrected chi connectivity index (χ0v) is 14.0. The summed E-state index contributed by atoms with van der Waals surface area (Å²) in [4.78, 5) is 0.263. The second-order valence-corrected chi connectivity index (χ2v) is 7.30. The molecule has 2 aromatic rings. The molecule has 0 aliphatic rings. The first-order valence-corrected chi connectivity index (χ1v) is 8.44. The van der Waals surface area contributed by atoms with Gasteiger partial charge in [-0.3, -0.25) is 4.72 Å². The summed E-state index contributed by atoms with van der Waals surface area (Å²) in [5, 5.41) is 0. The molecule has 0 atom stereocenters. The Balaban J connectivity index is 2.41. The molecular formula is C15H16BrNO2S. The molecule has 20 heavy (non-hydrogen) atoms. The maximum Gasteiger partial charge on any atom is 0.261 e.